The van der Waals surface area contributed by atoms with Crippen molar-refractivity contribution in [3.8, 4) is 23.0 Å². The fraction of sp³-hybridized carbons (Fsp3) is 0.350. The summed E-state index contributed by atoms with van der Waals surface area (Å²) < 4.78 is 17.2. The van der Waals surface area contributed by atoms with E-state index in [0.717, 1.165) is 19.1 Å². The molecule has 0 aliphatic heterocycles. The molecule has 2 aromatic rings. The molecular weight excluding hydrogens is 304 g/mol. The third-order valence-corrected chi connectivity index (χ3v) is 3.44. The fourth-order valence-corrected chi connectivity index (χ4v) is 2.38. The molecule has 0 bridgehead atoms. The second-order valence-corrected chi connectivity index (χ2v) is 5.83. The number of hydrogen-bond acceptors (Lipinski definition) is 4. The average Bonchev–Trinajstić information content (AvgIpc) is 2.57. The van der Waals surface area contributed by atoms with Gasteiger partial charge >= 0.3 is 0 Å². The van der Waals surface area contributed by atoms with E-state index < -0.39 is 0 Å². The number of benzene rings is 2. The van der Waals surface area contributed by atoms with Gasteiger partial charge in [0.2, 0.25) is 5.75 Å². The van der Waals surface area contributed by atoms with Gasteiger partial charge in [-0.1, -0.05) is 25.5 Å². The Balaban J connectivity index is 2.37. The van der Waals surface area contributed by atoms with Crippen molar-refractivity contribution in [1.29, 1.82) is 0 Å². The van der Waals surface area contributed by atoms with E-state index in [4.69, 9.17) is 14.2 Å². The molecule has 0 amide bonds. The van der Waals surface area contributed by atoms with Crippen molar-refractivity contribution < 1.29 is 19.0 Å². The summed E-state index contributed by atoms with van der Waals surface area (Å²) in [7, 11) is 1.54. The van der Waals surface area contributed by atoms with Gasteiger partial charge in [0.25, 0.3) is 0 Å². The van der Waals surface area contributed by atoms with E-state index in [1.165, 1.54) is 5.56 Å². The van der Waals surface area contributed by atoms with Crippen LogP contribution in [0.15, 0.2) is 36.4 Å². The number of carbonyl (C=O) groups is 1. The van der Waals surface area contributed by atoms with Gasteiger partial charge in [-0.15, -0.1) is 0 Å². The molecule has 0 aliphatic rings. The van der Waals surface area contributed by atoms with Crippen LogP contribution in [0.25, 0.3) is 0 Å². The number of aryl methyl sites for hydroxylation is 1. The number of carbonyl (C=O) groups excluding carboxylic acids is 1. The van der Waals surface area contributed by atoms with Crippen LogP contribution in [0.3, 0.4) is 0 Å². The molecule has 4 heteroatoms. The van der Waals surface area contributed by atoms with E-state index in [0.29, 0.717) is 28.6 Å². The van der Waals surface area contributed by atoms with Gasteiger partial charge in [-0.2, -0.15) is 0 Å². The quantitative estimate of drug-likeness (QED) is 0.637. The molecule has 0 atom stereocenters. The van der Waals surface area contributed by atoms with Crippen molar-refractivity contribution >= 4 is 6.29 Å². The highest BCUT2D eigenvalue weighted by Crippen LogP contribution is 2.41. The standard InChI is InChI=1S/C20H24O4/c1-5-6-15-7-9-17(10-8-15)24-19-12-16(13-21)11-18(22-4)20(19)23-14(2)3/h7-14H,5-6H2,1-4H3. The molecular formula is C20H24O4. The van der Waals surface area contributed by atoms with Crippen molar-refractivity contribution in [1.82, 2.24) is 0 Å². The SMILES string of the molecule is CCCc1ccc(Oc2cc(C=O)cc(OC)c2OC(C)C)cc1. The summed E-state index contributed by atoms with van der Waals surface area (Å²) >= 11 is 0. The van der Waals surface area contributed by atoms with Crippen LogP contribution in [0.4, 0.5) is 0 Å². The van der Waals surface area contributed by atoms with Gasteiger partial charge in [0.1, 0.15) is 12.0 Å². The maximum atomic E-state index is 11.2. The van der Waals surface area contributed by atoms with Gasteiger partial charge in [-0.3, -0.25) is 4.79 Å². The van der Waals surface area contributed by atoms with Crippen molar-refractivity contribution in [3.63, 3.8) is 0 Å². The van der Waals surface area contributed by atoms with Crippen molar-refractivity contribution in [3.05, 3.63) is 47.5 Å². The Labute approximate surface area is 143 Å². The highest BCUT2D eigenvalue weighted by atomic mass is 16.5. The monoisotopic (exact) mass is 328 g/mol. The minimum absolute atomic E-state index is 0.0461. The van der Waals surface area contributed by atoms with Crippen molar-refractivity contribution in [2.24, 2.45) is 0 Å². The fourth-order valence-electron chi connectivity index (χ4n) is 2.38. The lowest BCUT2D eigenvalue weighted by Gasteiger charge is -2.18. The van der Waals surface area contributed by atoms with Gasteiger partial charge in [-0.25, -0.2) is 0 Å². The van der Waals surface area contributed by atoms with E-state index >= 15 is 0 Å². The van der Waals surface area contributed by atoms with Crippen LogP contribution in [0.5, 0.6) is 23.0 Å². The van der Waals surface area contributed by atoms with Crippen LogP contribution in [0, 0.1) is 0 Å². The number of ether oxygens (including phenoxy) is 3. The molecule has 0 N–H and O–H groups in total. The number of hydrogen-bond donors (Lipinski definition) is 0. The molecule has 0 radical (unpaired) electrons. The first-order valence-corrected chi connectivity index (χ1v) is 8.18. The largest absolute Gasteiger partial charge is 0.493 e. The van der Waals surface area contributed by atoms with E-state index in [9.17, 15) is 4.79 Å². The highest BCUT2D eigenvalue weighted by molar-refractivity contribution is 5.78. The van der Waals surface area contributed by atoms with E-state index in [2.05, 4.69) is 6.92 Å². The highest BCUT2D eigenvalue weighted by Gasteiger charge is 2.17. The molecule has 2 aromatic carbocycles. The Kier molecular flexibility index (Phi) is 6.24. The maximum absolute atomic E-state index is 11.2. The Morgan fingerprint density at radius 3 is 2.29 bits per heavy atom. The summed E-state index contributed by atoms with van der Waals surface area (Å²) in [5.41, 5.74) is 1.74. The molecule has 0 spiro atoms. The molecule has 24 heavy (non-hydrogen) atoms. The number of aldehydes is 1. The predicted molar refractivity (Wildman–Crippen MR) is 94.7 cm³/mol. The van der Waals surface area contributed by atoms with Gasteiger partial charge in [0.15, 0.2) is 11.5 Å². The van der Waals surface area contributed by atoms with Crippen molar-refractivity contribution in [2.45, 2.75) is 39.7 Å². The van der Waals surface area contributed by atoms with Crippen molar-refractivity contribution in [2.75, 3.05) is 7.11 Å². The third kappa shape index (κ3) is 4.51. The van der Waals surface area contributed by atoms with Crippen LogP contribution >= 0.6 is 0 Å². The van der Waals surface area contributed by atoms with E-state index in [1.54, 1.807) is 19.2 Å². The zero-order valence-corrected chi connectivity index (χ0v) is 14.7. The molecule has 0 fully saturated rings. The first-order valence-electron chi connectivity index (χ1n) is 8.18. The molecule has 0 heterocycles. The van der Waals surface area contributed by atoms with E-state index in [1.807, 2.05) is 38.1 Å². The summed E-state index contributed by atoms with van der Waals surface area (Å²) in [6.45, 7) is 6.00. The minimum atomic E-state index is -0.0461. The summed E-state index contributed by atoms with van der Waals surface area (Å²) in [4.78, 5) is 11.2. The van der Waals surface area contributed by atoms with Gasteiger partial charge in [0, 0.05) is 5.56 Å². The average molecular weight is 328 g/mol. The first kappa shape index (κ1) is 17.9. The molecule has 0 aliphatic carbocycles. The van der Waals surface area contributed by atoms with Crippen LogP contribution in [-0.2, 0) is 6.42 Å². The normalized spacial score (nSPS) is 10.5. The topological polar surface area (TPSA) is 44.8 Å². The lowest BCUT2D eigenvalue weighted by molar-refractivity contribution is 0.112. The maximum Gasteiger partial charge on any atom is 0.204 e. The second kappa shape index (κ2) is 8.39. The van der Waals surface area contributed by atoms with E-state index in [-0.39, 0.29) is 6.10 Å². The predicted octanol–water partition coefficient (Wildman–Crippen LogP) is 5.04. The molecule has 0 unspecified atom stereocenters. The zero-order chi connectivity index (χ0) is 17.5. The molecule has 0 aromatic heterocycles. The number of methoxy groups -OCH3 is 1. The first-order chi connectivity index (χ1) is 11.6. The number of rotatable bonds is 8. The summed E-state index contributed by atoms with van der Waals surface area (Å²) in [5.74, 6) is 2.13. The van der Waals surface area contributed by atoms with Gasteiger partial charge in [0.05, 0.1) is 13.2 Å². The van der Waals surface area contributed by atoms with Gasteiger partial charge < -0.3 is 14.2 Å². The third-order valence-electron chi connectivity index (χ3n) is 3.44. The lowest BCUT2D eigenvalue weighted by Crippen LogP contribution is -2.08. The van der Waals surface area contributed by atoms with Crippen LogP contribution in [0.2, 0.25) is 0 Å². The van der Waals surface area contributed by atoms with Crippen LogP contribution in [-0.4, -0.2) is 19.5 Å². The summed E-state index contributed by atoms with van der Waals surface area (Å²) in [6.07, 6.45) is 2.86. The summed E-state index contributed by atoms with van der Waals surface area (Å²) in [5, 5.41) is 0. The Morgan fingerprint density at radius 2 is 1.75 bits per heavy atom. The zero-order valence-electron chi connectivity index (χ0n) is 14.7. The minimum Gasteiger partial charge on any atom is -0.493 e. The molecule has 128 valence electrons. The molecule has 4 nitrogen and oxygen atoms in total. The lowest BCUT2D eigenvalue weighted by atomic mass is 10.1. The van der Waals surface area contributed by atoms with Crippen LogP contribution < -0.4 is 14.2 Å². The Hall–Kier alpha value is -2.49. The van der Waals surface area contributed by atoms with Gasteiger partial charge in [-0.05, 0) is 50.1 Å². The molecule has 2 rings (SSSR count). The second-order valence-electron chi connectivity index (χ2n) is 5.83. The Bertz CT molecular complexity index is 675. The Morgan fingerprint density at radius 1 is 1.08 bits per heavy atom. The van der Waals surface area contributed by atoms with Crippen LogP contribution in [0.1, 0.15) is 43.1 Å². The molecule has 0 saturated heterocycles. The summed E-state index contributed by atoms with van der Waals surface area (Å²) in [6, 6.07) is 11.2. The molecule has 0 saturated carbocycles. The smallest absolute Gasteiger partial charge is 0.204 e.